The lowest BCUT2D eigenvalue weighted by Gasteiger charge is -2.29. The van der Waals surface area contributed by atoms with Crippen LogP contribution in [0.1, 0.15) is 30.4 Å². The van der Waals surface area contributed by atoms with Gasteiger partial charge in [0.15, 0.2) is 11.5 Å². The number of nitrogens with zero attached hydrogens (tertiary/aromatic N) is 1. The molecule has 0 aromatic heterocycles. The first-order chi connectivity index (χ1) is 12.7. The number of carbonyl (C=O) groups excluding carboxylic acids is 1. The fourth-order valence-electron chi connectivity index (χ4n) is 3.09. The van der Waals surface area contributed by atoms with Crippen LogP contribution < -0.4 is 9.47 Å². The number of hydrogen-bond acceptors (Lipinski definition) is 4. The largest absolute Gasteiger partial charge is 0.493 e. The predicted molar refractivity (Wildman–Crippen MR) is 106 cm³/mol. The molecule has 0 atom stereocenters. The zero-order chi connectivity index (χ0) is 18.4. The van der Waals surface area contributed by atoms with E-state index < -0.39 is 0 Å². The van der Waals surface area contributed by atoms with Crippen molar-refractivity contribution in [3.05, 3.63) is 59.7 Å². The number of methoxy groups -OCH3 is 1. The number of hydrogen-bond donors (Lipinski definition) is 0. The van der Waals surface area contributed by atoms with Gasteiger partial charge in [0.25, 0.3) is 0 Å². The van der Waals surface area contributed by atoms with Crippen molar-refractivity contribution in [2.45, 2.75) is 25.7 Å². The molecule has 3 rings (SSSR count). The van der Waals surface area contributed by atoms with Crippen molar-refractivity contribution in [2.24, 2.45) is 0 Å². The predicted octanol–water partition coefficient (Wildman–Crippen LogP) is 4.00. The van der Waals surface area contributed by atoms with Crippen molar-refractivity contribution < 1.29 is 14.3 Å². The van der Waals surface area contributed by atoms with Crippen molar-refractivity contribution in [3.63, 3.8) is 0 Å². The van der Waals surface area contributed by atoms with Gasteiger partial charge in [0.2, 0.25) is 0 Å². The molecule has 2 aromatic rings. The van der Waals surface area contributed by atoms with Crippen LogP contribution >= 0.6 is 12.2 Å². The Labute approximate surface area is 159 Å². The number of thiocarbonyl (C=S) groups is 1. The van der Waals surface area contributed by atoms with E-state index in [1.165, 1.54) is 19.3 Å². The molecule has 1 saturated heterocycles. The second-order valence-corrected chi connectivity index (χ2v) is 6.74. The van der Waals surface area contributed by atoms with Gasteiger partial charge in [0.05, 0.1) is 13.5 Å². The van der Waals surface area contributed by atoms with Gasteiger partial charge in [-0.25, -0.2) is 0 Å². The van der Waals surface area contributed by atoms with Crippen molar-refractivity contribution in [1.82, 2.24) is 4.90 Å². The van der Waals surface area contributed by atoms with Crippen LogP contribution in [0.5, 0.6) is 11.5 Å². The topological polar surface area (TPSA) is 38.8 Å². The molecule has 0 N–H and O–H groups in total. The second kappa shape index (κ2) is 8.81. The summed E-state index contributed by atoms with van der Waals surface area (Å²) in [6.07, 6.45) is 3.83. The Kier molecular flexibility index (Phi) is 6.23. The van der Waals surface area contributed by atoms with Gasteiger partial charge in [-0.3, -0.25) is 4.79 Å². The van der Waals surface area contributed by atoms with Gasteiger partial charge in [0.1, 0.15) is 4.99 Å². The van der Waals surface area contributed by atoms with E-state index in [9.17, 15) is 4.79 Å². The Morgan fingerprint density at radius 1 is 1.04 bits per heavy atom. The summed E-state index contributed by atoms with van der Waals surface area (Å²) in [4.78, 5) is 15.3. The fraction of sp³-hybridized carbons (Fsp3) is 0.333. The molecule has 26 heavy (non-hydrogen) atoms. The molecule has 136 valence electrons. The Bertz CT molecular complexity index is 770. The van der Waals surface area contributed by atoms with Crippen LogP contribution in [0, 0.1) is 0 Å². The Balaban J connectivity index is 1.70. The van der Waals surface area contributed by atoms with Crippen molar-refractivity contribution >= 4 is 23.2 Å². The van der Waals surface area contributed by atoms with Crippen molar-refractivity contribution in [3.8, 4) is 11.5 Å². The minimum Gasteiger partial charge on any atom is -0.493 e. The van der Waals surface area contributed by atoms with Gasteiger partial charge in [-0.15, -0.1) is 0 Å². The first-order valence-electron chi connectivity index (χ1n) is 8.89. The third-order valence-corrected chi connectivity index (χ3v) is 4.96. The van der Waals surface area contributed by atoms with Crippen molar-refractivity contribution in [1.29, 1.82) is 0 Å². The third-order valence-electron chi connectivity index (χ3n) is 4.47. The van der Waals surface area contributed by atoms with E-state index in [1.807, 2.05) is 42.5 Å². The van der Waals surface area contributed by atoms with Crippen LogP contribution in [0.15, 0.2) is 48.5 Å². The molecule has 0 amide bonds. The first kappa shape index (κ1) is 18.4. The number of likely N-dealkylation sites (tertiary alicyclic amines) is 1. The van der Waals surface area contributed by atoms with Gasteiger partial charge in [0, 0.05) is 18.7 Å². The summed E-state index contributed by atoms with van der Waals surface area (Å²) in [7, 11) is 1.57. The van der Waals surface area contributed by atoms with E-state index in [0.29, 0.717) is 11.5 Å². The summed E-state index contributed by atoms with van der Waals surface area (Å²) in [6.45, 7) is 1.99. The SMILES string of the molecule is COc1cc(C(=S)N2CCCCC2)ccc1OC(=O)Cc1ccccc1. The lowest BCUT2D eigenvalue weighted by Crippen LogP contribution is -2.34. The van der Waals surface area contributed by atoms with Crippen LogP contribution in [-0.4, -0.2) is 36.1 Å². The van der Waals surface area contributed by atoms with Gasteiger partial charge in [-0.1, -0.05) is 42.5 Å². The van der Waals surface area contributed by atoms with Gasteiger partial charge in [-0.2, -0.15) is 0 Å². The Morgan fingerprint density at radius 2 is 1.77 bits per heavy atom. The molecule has 1 aliphatic rings. The lowest BCUT2D eigenvalue weighted by molar-refractivity contribution is -0.133. The standard InChI is InChI=1S/C21H23NO3S/c1-24-19-15-17(21(26)22-12-6-3-7-13-22)10-11-18(19)25-20(23)14-16-8-4-2-5-9-16/h2,4-5,8-11,15H,3,6-7,12-14H2,1H3. The maximum atomic E-state index is 12.2. The molecule has 5 heteroatoms. The van der Waals surface area contributed by atoms with Crippen LogP contribution in [-0.2, 0) is 11.2 Å². The van der Waals surface area contributed by atoms with Gasteiger partial charge in [-0.05, 0) is 43.0 Å². The maximum Gasteiger partial charge on any atom is 0.315 e. The monoisotopic (exact) mass is 369 g/mol. The Morgan fingerprint density at radius 3 is 2.46 bits per heavy atom. The fourth-order valence-corrected chi connectivity index (χ4v) is 3.40. The molecule has 1 aliphatic heterocycles. The molecule has 2 aromatic carbocycles. The van der Waals surface area contributed by atoms with Crippen LogP contribution in [0.3, 0.4) is 0 Å². The van der Waals surface area contributed by atoms with Crippen LogP contribution in [0.2, 0.25) is 0 Å². The number of ether oxygens (including phenoxy) is 2. The summed E-state index contributed by atoms with van der Waals surface area (Å²) < 4.78 is 10.9. The number of carbonyl (C=O) groups is 1. The zero-order valence-electron chi connectivity index (χ0n) is 14.9. The van der Waals surface area contributed by atoms with E-state index in [-0.39, 0.29) is 12.4 Å². The smallest absolute Gasteiger partial charge is 0.315 e. The van der Waals surface area contributed by atoms with E-state index in [0.717, 1.165) is 29.2 Å². The average Bonchev–Trinajstić information content (AvgIpc) is 2.69. The summed E-state index contributed by atoms with van der Waals surface area (Å²) in [5.74, 6) is 0.614. The van der Waals surface area contributed by atoms with Gasteiger partial charge >= 0.3 is 5.97 Å². The van der Waals surface area contributed by atoms with Crippen LogP contribution in [0.25, 0.3) is 0 Å². The highest BCUT2D eigenvalue weighted by molar-refractivity contribution is 7.80. The van der Waals surface area contributed by atoms with Gasteiger partial charge < -0.3 is 14.4 Å². The molecule has 0 bridgehead atoms. The molecule has 4 nitrogen and oxygen atoms in total. The normalized spacial score (nSPS) is 14.0. The molecule has 0 spiro atoms. The highest BCUT2D eigenvalue weighted by Crippen LogP contribution is 2.29. The Hall–Kier alpha value is -2.40. The zero-order valence-corrected chi connectivity index (χ0v) is 15.8. The summed E-state index contributed by atoms with van der Waals surface area (Å²) in [5, 5.41) is 0. The molecule has 0 saturated carbocycles. The molecule has 0 aliphatic carbocycles. The highest BCUT2D eigenvalue weighted by Gasteiger charge is 2.17. The number of rotatable bonds is 5. The molecule has 1 heterocycles. The number of esters is 1. The van der Waals surface area contributed by atoms with Crippen LogP contribution in [0.4, 0.5) is 0 Å². The lowest BCUT2D eigenvalue weighted by atomic mass is 10.1. The third kappa shape index (κ3) is 4.61. The quantitative estimate of drug-likeness (QED) is 0.452. The summed E-state index contributed by atoms with van der Waals surface area (Å²) >= 11 is 5.63. The van der Waals surface area contributed by atoms with E-state index in [1.54, 1.807) is 13.2 Å². The molecule has 1 fully saturated rings. The van der Waals surface area contributed by atoms with E-state index in [4.69, 9.17) is 21.7 Å². The van der Waals surface area contributed by atoms with Crippen molar-refractivity contribution in [2.75, 3.05) is 20.2 Å². The first-order valence-corrected chi connectivity index (χ1v) is 9.30. The molecule has 0 unspecified atom stereocenters. The minimum absolute atomic E-state index is 0.220. The molecule has 0 radical (unpaired) electrons. The number of benzene rings is 2. The van der Waals surface area contributed by atoms with E-state index >= 15 is 0 Å². The average molecular weight is 369 g/mol. The summed E-state index contributed by atoms with van der Waals surface area (Å²) in [5.41, 5.74) is 1.83. The minimum atomic E-state index is -0.319. The second-order valence-electron chi connectivity index (χ2n) is 6.35. The highest BCUT2D eigenvalue weighted by atomic mass is 32.1. The number of piperidine rings is 1. The molecular formula is C21H23NO3S. The van der Waals surface area contributed by atoms with E-state index in [2.05, 4.69) is 4.90 Å². The molecular weight excluding hydrogens is 346 g/mol. The maximum absolute atomic E-state index is 12.2. The summed E-state index contributed by atoms with van der Waals surface area (Å²) in [6, 6.07) is 15.0.